The van der Waals surface area contributed by atoms with E-state index in [0.717, 1.165) is 12.1 Å². The lowest BCUT2D eigenvalue weighted by Crippen LogP contribution is -2.46. The average Bonchev–Trinajstić information content (AvgIpc) is 3.43. The first-order valence-electron chi connectivity index (χ1n) is 10.2. The van der Waals surface area contributed by atoms with Crippen LogP contribution in [0.4, 0.5) is 14.5 Å². The molecule has 4 unspecified atom stereocenters. The number of hydrogen-bond donors (Lipinski definition) is 1. The first kappa shape index (κ1) is 20.5. The number of nitrogens with two attached hydrogens (primary N) is 1. The van der Waals surface area contributed by atoms with E-state index in [9.17, 15) is 19.7 Å². The van der Waals surface area contributed by atoms with Crippen molar-refractivity contribution in [2.75, 3.05) is 18.0 Å². The van der Waals surface area contributed by atoms with Gasteiger partial charge in [-0.05, 0) is 6.07 Å². The second-order valence-corrected chi connectivity index (χ2v) is 8.74. The van der Waals surface area contributed by atoms with Crippen LogP contribution < -0.4 is 16.1 Å². The third-order valence-corrected chi connectivity index (χ3v) is 6.64. The van der Waals surface area contributed by atoms with Crippen LogP contribution >= 0.6 is 0 Å². The SMILES string of the molecule is CC(=O)c1cc(=O)c2cc(F)c(N3CC4C=CC=CC4(N)C3)c(F)c2n1C1CC1[N+](=O)[O-]. The number of halogens is 2. The van der Waals surface area contributed by atoms with Gasteiger partial charge in [0.1, 0.15) is 17.5 Å². The van der Waals surface area contributed by atoms with Crippen LogP contribution in [0, 0.1) is 27.7 Å². The van der Waals surface area contributed by atoms with Crippen molar-refractivity contribution in [3.63, 3.8) is 0 Å². The number of ketones is 1. The summed E-state index contributed by atoms with van der Waals surface area (Å²) in [5, 5.41) is 11.0. The van der Waals surface area contributed by atoms with Crippen LogP contribution in [0.15, 0.2) is 41.2 Å². The molecule has 1 aliphatic heterocycles. The zero-order chi connectivity index (χ0) is 22.9. The van der Waals surface area contributed by atoms with Crippen LogP contribution in [0.25, 0.3) is 10.9 Å². The van der Waals surface area contributed by atoms with Gasteiger partial charge in [-0.1, -0.05) is 24.3 Å². The fourth-order valence-electron chi connectivity index (χ4n) is 4.93. The summed E-state index contributed by atoms with van der Waals surface area (Å²) in [6.45, 7) is 1.61. The summed E-state index contributed by atoms with van der Waals surface area (Å²) in [6.07, 6.45) is 7.38. The Morgan fingerprint density at radius 2 is 2.06 bits per heavy atom. The molecule has 0 amide bonds. The van der Waals surface area contributed by atoms with Crippen molar-refractivity contribution < 1.29 is 18.5 Å². The van der Waals surface area contributed by atoms with Gasteiger partial charge in [0, 0.05) is 43.3 Å². The van der Waals surface area contributed by atoms with Gasteiger partial charge in [0.25, 0.3) is 0 Å². The molecule has 2 heterocycles. The summed E-state index contributed by atoms with van der Waals surface area (Å²) in [5.74, 6) is -2.64. The van der Waals surface area contributed by atoms with Gasteiger partial charge >= 0.3 is 0 Å². The Morgan fingerprint density at radius 1 is 1.31 bits per heavy atom. The highest BCUT2D eigenvalue weighted by Gasteiger charge is 2.51. The van der Waals surface area contributed by atoms with Crippen LogP contribution in [0.2, 0.25) is 0 Å². The second-order valence-electron chi connectivity index (χ2n) is 8.74. The molecule has 0 bridgehead atoms. The number of hydrogen-bond acceptors (Lipinski definition) is 6. The summed E-state index contributed by atoms with van der Waals surface area (Å²) >= 11 is 0. The lowest BCUT2D eigenvalue weighted by Gasteiger charge is -2.27. The zero-order valence-corrected chi connectivity index (χ0v) is 17.1. The number of Topliss-reactive ketones (excluding diaryl/α,β-unsaturated/α-hetero) is 1. The molecule has 3 aliphatic rings. The number of carbonyl (C=O) groups is 1. The number of allylic oxidation sites excluding steroid dienone is 2. The summed E-state index contributed by atoms with van der Waals surface area (Å²) in [5.41, 5.74) is 4.13. The minimum atomic E-state index is -1.02. The highest BCUT2D eigenvalue weighted by atomic mass is 19.1. The molecule has 5 rings (SSSR count). The Morgan fingerprint density at radius 3 is 2.69 bits per heavy atom. The maximum atomic E-state index is 16.0. The number of carbonyl (C=O) groups excluding carboxylic acids is 1. The maximum absolute atomic E-state index is 16.0. The molecule has 1 aromatic heterocycles. The van der Waals surface area contributed by atoms with Gasteiger partial charge in [-0.25, -0.2) is 8.78 Å². The van der Waals surface area contributed by atoms with Crippen molar-refractivity contribution in [3.8, 4) is 0 Å². The smallest absolute Gasteiger partial charge is 0.236 e. The predicted octanol–water partition coefficient (Wildman–Crippen LogP) is 2.33. The van der Waals surface area contributed by atoms with E-state index < -0.39 is 45.4 Å². The van der Waals surface area contributed by atoms with E-state index in [4.69, 9.17) is 5.73 Å². The monoisotopic (exact) mass is 442 g/mol. The molecule has 1 saturated carbocycles. The Bertz CT molecular complexity index is 1320. The molecule has 166 valence electrons. The van der Waals surface area contributed by atoms with Gasteiger partial charge in [0.2, 0.25) is 6.04 Å². The standard InChI is InChI=1S/C22H20F2N4O4/c1-11(29)15-8-18(30)13-6-14(23)21(26-9-12-4-2-3-5-22(12,25)10-26)19(24)20(13)27(15)16-7-17(16)28(31)32/h2-6,8,12,16-17H,7,9-10,25H2,1H3. The minimum Gasteiger partial charge on any atom is -0.364 e. The van der Waals surface area contributed by atoms with Crippen molar-refractivity contribution >= 4 is 22.4 Å². The molecule has 0 radical (unpaired) electrons. The van der Waals surface area contributed by atoms with Crippen molar-refractivity contribution in [2.24, 2.45) is 11.7 Å². The Hall–Kier alpha value is -3.40. The van der Waals surface area contributed by atoms with Crippen molar-refractivity contribution in [1.29, 1.82) is 0 Å². The van der Waals surface area contributed by atoms with Gasteiger partial charge < -0.3 is 15.2 Å². The molecule has 2 aromatic rings. The van der Waals surface area contributed by atoms with Crippen molar-refractivity contribution in [3.05, 3.63) is 74.1 Å². The Labute approximate surface area is 180 Å². The van der Waals surface area contributed by atoms with E-state index in [-0.39, 0.29) is 47.7 Å². The number of benzene rings is 1. The second kappa shape index (κ2) is 6.80. The fraction of sp³-hybridized carbons (Fsp3) is 0.364. The molecule has 2 fully saturated rings. The van der Waals surface area contributed by atoms with E-state index in [1.807, 2.05) is 12.2 Å². The lowest BCUT2D eigenvalue weighted by molar-refractivity contribution is -0.497. The molecule has 10 heteroatoms. The number of nitro groups is 1. The molecule has 1 saturated heterocycles. The molecule has 1 aromatic carbocycles. The lowest BCUT2D eigenvalue weighted by atomic mass is 9.85. The molecule has 2 aliphatic carbocycles. The van der Waals surface area contributed by atoms with Gasteiger partial charge in [-0.3, -0.25) is 19.7 Å². The first-order chi connectivity index (χ1) is 15.1. The number of aromatic nitrogens is 1. The number of pyridine rings is 1. The highest BCUT2D eigenvalue weighted by Crippen LogP contribution is 2.43. The summed E-state index contributed by atoms with van der Waals surface area (Å²) < 4.78 is 32.3. The van der Waals surface area contributed by atoms with E-state index in [1.165, 1.54) is 16.4 Å². The average molecular weight is 442 g/mol. The summed E-state index contributed by atoms with van der Waals surface area (Å²) in [4.78, 5) is 37.1. The highest BCUT2D eigenvalue weighted by molar-refractivity contribution is 5.96. The number of nitrogens with zero attached hydrogens (tertiary/aromatic N) is 3. The fourth-order valence-corrected chi connectivity index (χ4v) is 4.93. The molecule has 4 atom stereocenters. The zero-order valence-electron chi connectivity index (χ0n) is 17.1. The minimum absolute atomic E-state index is 0.0880. The predicted molar refractivity (Wildman–Crippen MR) is 113 cm³/mol. The summed E-state index contributed by atoms with van der Waals surface area (Å²) in [7, 11) is 0. The van der Waals surface area contributed by atoms with Crippen molar-refractivity contribution in [1.82, 2.24) is 4.57 Å². The van der Waals surface area contributed by atoms with E-state index in [0.29, 0.717) is 0 Å². The topological polar surface area (TPSA) is 111 Å². The number of rotatable bonds is 4. The first-order valence-corrected chi connectivity index (χ1v) is 10.2. The molecule has 8 nitrogen and oxygen atoms in total. The van der Waals surface area contributed by atoms with E-state index >= 15 is 8.78 Å². The van der Waals surface area contributed by atoms with Crippen LogP contribution in [0.1, 0.15) is 29.9 Å². The van der Waals surface area contributed by atoms with Crippen LogP contribution in [-0.2, 0) is 0 Å². The van der Waals surface area contributed by atoms with Crippen LogP contribution in [0.3, 0.4) is 0 Å². The van der Waals surface area contributed by atoms with Gasteiger partial charge in [-0.15, -0.1) is 0 Å². The van der Waals surface area contributed by atoms with Crippen molar-refractivity contribution in [2.45, 2.75) is 31.0 Å². The Balaban J connectivity index is 1.74. The molecular formula is C22H20F2N4O4. The van der Waals surface area contributed by atoms with Gasteiger partial charge in [0.05, 0.1) is 22.1 Å². The van der Waals surface area contributed by atoms with E-state index in [2.05, 4.69) is 0 Å². The summed E-state index contributed by atoms with van der Waals surface area (Å²) in [6, 6.07) is 0.126. The molecular weight excluding hydrogens is 422 g/mol. The largest absolute Gasteiger partial charge is 0.364 e. The Kier molecular flexibility index (Phi) is 4.35. The van der Waals surface area contributed by atoms with Crippen LogP contribution in [-0.4, -0.2) is 39.9 Å². The molecule has 0 spiro atoms. The van der Waals surface area contributed by atoms with Gasteiger partial charge in [-0.2, -0.15) is 0 Å². The number of fused-ring (bicyclic) bond motifs is 2. The van der Waals surface area contributed by atoms with E-state index in [1.54, 1.807) is 12.2 Å². The number of anilines is 1. The maximum Gasteiger partial charge on any atom is 0.236 e. The quantitative estimate of drug-likeness (QED) is 0.442. The third kappa shape index (κ3) is 2.89. The molecule has 2 N–H and O–H groups in total. The third-order valence-electron chi connectivity index (χ3n) is 6.64. The molecule has 32 heavy (non-hydrogen) atoms. The van der Waals surface area contributed by atoms with Crippen LogP contribution in [0.5, 0.6) is 0 Å². The van der Waals surface area contributed by atoms with Gasteiger partial charge in [0.15, 0.2) is 17.0 Å². The normalized spacial score (nSPS) is 28.2.